The molecule has 1 aromatic rings. The lowest BCUT2D eigenvalue weighted by molar-refractivity contribution is 0.0499. The van der Waals surface area contributed by atoms with Gasteiger partial charge in [-0.15, -0.1) is 0 Å². The van der Waals surface area contributed by atoms with Gasteiger partial charge in [-0.3, -0.25) is 4.68 Å². The van der Waals surface area contributed by atoms with E-state index in [1.165, 1.54) is 25.7 Å². The molecule has 1 fully saturated rings. The fraction of sp³-hybridized carbons (Fsp3) is 0.786. The normalized spacial score (nSPS) is 30.7. The summed E-state index contributed by atoms with van der Waals surface area (Å²) in [6.45, 7) is 2.34. The Bertz CT molecular complexity index is 398. The second-order valence-corrected chi connectivity index (χ2v) is 6.12. The van der Waals surface area contributed by atoms with Gasteiger partial charge in [0.2, 0.25) is 0 Å². The Balaban J connectivity index is 2.29. The van der Waals surface area contributed by atoms with Crippen molar-refractivity contribution in [3.63, 3.8) is 0 Å². The van der Waals surface area contributed by atoms with Gasteiger partial charge >= 0.3 is 0 Å². The van der Waals surface area contributed by atoms with Crippen LogP contribution in [0.2, 0.25) is 0 Å². The van der Waals surface area contributed by atoms with Crippen LogP contribution in [-0.4, -0.2) is 34.3 Å². The lowest BCUT2D eigenvalue weighted by Gasteiger charge is -2.48. The second-order valence-electron chi connectivity index (χ2n) is 6.12. The molecule has 0 aliphatic heterocycles. The molecule has 18 heavy (non-hydrogen) atoms. The number of likely N-dealkylation sites (N-methyl/N-ethyl adjacent to an activating group) is 1. The summed E-state index contributed by atoms with van der Waals surface area (Å²) in [4.78, 5) is 2.33. The number of aromatic nitrogens is 2. The topological polar surface area (TPSA) is 47.1 Å². The summed E-state index contributed by atoms with van der Waals surface area (Å²) in [6, 6.07) is 0.0453. The highest BCUT2D eigenvalue weighted by atomic mass is 15.2. The highest BCUT2D eigenvalue weighted by molar-refractivity contribution is 5.18. The highest BCUT2D eigenvalue weighted by Gasteiger charge is 2.42. The zero-order chi connectivity index (χ0) is 13.3. The minimum Gasteiger partial charge on any atom is -0.322 e. The van der Waals surface area contributed by atoms with Gasteiger partial charge < -0.3 is 10.6 Å². The summed E-state index contributed by atoms with van der Waals surface area (Å²) in [5.41, 5.74) is 7.82. The quantitative estimate of drug-likeness (QED) is 0.891. The summed E-state index contributed by atoms with van der Waals surface area (Å²) in [5, 5.41) is 4.26. The number of nitrogens with two attached hydrogens (primary N) is 1. The van der Waals surface area contributed by atoms with Gasteiger partial charge in [0.15, 0.2) is 0 Å². The molecule has 4 nitrogen and oxygen atoms in total. The fourth-order valence-electron chi connectivity index (χ4n) is 3.44. The Morgan fingerprint density at radius 2 is 2.28 bits per heavy atom. The molecular formula is C14H26N4. The van der Waals surface area contributed by atoms with Gasteiger partial charge in [0.1, 0.15) is 0 Å². The van der Waals surface area contributed by atoms with Crippen molar-refractivity contribution in [2.45, 2.75) is 44.2 Å². The smallest absolute Gasteiger partial charge is 0.0538 e. The first-order valence-corrected chi connectivity index (χ1v) is 6.87. The monoisotopic (exact) mass is 250 g/mol. The molecule has 3 atom stereocenters. The Kier molecular flexibility index (Phi) is 3.78. The van der Waals surface area contributed by atoms with Gasteiger partial charge in [-0.1, -0.05) is 19.8 Å². The maximum atomic E-state index is 6.59. The van der Waals surface area contributed by atoms with Gasteiger partial charge in [-0.2, -0.15) is 5.10 Å². The van der Waals surface area contributed by atoms with Gasteiger partial charge in [-0.25, -0.2) is 0 Å². The predicted molar refractivity (Wildman–Crippen MR) is 74.2 cm³/mol. The SMILES string of the molecule is CC1CCCC(C(N)c2cnn(C)c2)(N(C)C)C1. The standard InChI is InChI=1S/C14H26N4/c1-11-6-5-7-14(8-11,17(2)3)13(15)12-9-16-18(4)10-12/h9-11,13H,5-8,15H2,1-4H3. The lowest BCUT2D eigenvalue weighted by Crippen LogP contribution is -2.54. The van der Waals surface area contributed by atoms with Crippen molar-refractivity contribution in [2.24, 2.45) is 18.7 Å². The number of rotatable bonds is 3. The van der Waals surface area contributed by atoms with Crippen molar-refractivity contribution in [3.05, 3.63) is 18.0 Å². The molecule has 1 saturated carbocycles. The van der Waals surface area contributed by atoms with Crippen LogP contribution in [0.15, 0.2) is 12.4 Å². The van der Waals surface area contributed by atoms with Crippen LogP contribution >= 0.6 is 0 Å². The molecule has 2 N–H and O–H groups in total. The third-order valence-electron chi connectivity index (χ3n) is 4.56. The second kappa shape index (κ2) is 5.02. The third kappa shape index (κ3) is 2.31. The van der Waals surface area contributed by atoms with Crippen molar-refractivity contribution in [1.82, 2.24) is 14.7 Å². The minimum atomic E-state index is 0.0453. The largest absolute Gasteiger partial charge is 0.322 e. The van der Waals surface area contributed by atoms with Crippen LogP contribution in [0, 0.1) is 5.92 Å². The molecule has 1 aliphatic rings. The van der Waals surface area contributed by atoms with E-state index in [9.17, 15) is 0 Å². The summed E-state index contributed by atoms with van der Waals surface area (Å²) in [6.07, 6.45) is 8.92. The number of hydrogen-bond acceptors (Lipinski definition) is 3. The Morgan fingerprint density at radius 1 is 1.56 bits per heavy atom. The van der Waals surface area contributed by atoms with Crippen molar-refractivity contribution in [1.29, 1.82) is 0 Å². The van der Waals surface area contributed by atoms with Crippen LogP contribution in [0.4, 0.5) is 0 Å². The van der Waals surface area contributed by atoms with E-state index in [-0.39, 0.29) is 11.6 Å². The van der Waals surface area contributed by atoms with Crippen molar-refractivity contribution < 1.29 is 0 Å². The van der Waals surface area contributed by atoms with E-state index in [0.717, 1.165) is 11.5 Å². The zero-order valence-corrected chi connectivity index (χ0v) is 12.1. The van der Waals surface area contributed by atoms with Crippen LogP contribution in [0.25, 0.3) is 0 Å². The van der Waals surface area contributed by atoms with E-state index in [2.05, 4.69) is 37.2 Å². The van der Waals surface area contributed by atoms with E-state index in [1.807, 2.05) is 17.9 Å². The Hall–Kier alpha value is -0.870. The van der Waals surface area contributed by atoms with Gasteiger partial charge in [0.25, 0.3) is 0 Å². The summed E-state index contributed by atoms with van der Waals surface area (Å²) in [7, 11) is 6.27. The molecule has 102 valence electrons. The predicted octanol–water partition coefficient (Wildman–Crippen LogP) is 1.93. The molecule has 3 unspecified atom stereocenters. The van der Waals surface area contributed by atoms with Gasteiger partial charge in [0.05, 0.1) is 12.2 Å². The maximum Gasteiger partial charge on any atom is 0.0538 e. The fourth-order valence-corrected chi connectivity index (χ4v) is 3.44. The average molecular weight is 250 g/mol. The van der Waals surface area contributed by atoms with Crippen LogP contribution in [0.1, 0.15) is 44.2 Å². The van der Waals surface area contributed by atoms with Crippen LogP contribution < -0.4 is 5.73 Å². The van der Waals surface area contributed by atoms with Gasteiger partial charge in [-0.05, 0) is 32.9 Å². The van der Waals surface area contributed by atoms with E-state index >= 15 is 0 Å². The van der Waals surface area contributed by atoms with E-state index in [1.54, 1.807) is 0 Å². The average Bonchev–Trinajstić information content (AvgIpc) is 2.74. The van der Waals surface area contributed by atoms with Crippen molar-refractivity contribution in [3.8, 4) is 0 Å². The first-order chi connectivity index (χ1) is 8.45. The molecule has 0 radical (unpaired) electrons. The summed E-state index contributed by atoms with van der Waals surface area (Å²) >= 11 is 0. The first kappa shape index (κ1) is 13.6. The van der Waals surface area contributed by atoms with Crippen molar-refractivity contribution >= 4 is 0 Å². The summed E-state index contributed by atoms with van der Waals surface area (Å²) in [5.74, 6) is 0.754. The van der Waals surface area contributed by atoms with E-state index in [0.29, 0.717) is 0 Å². The minimum absolute atomic E-state index is 0.0453. The molecule has 1 aliphatic carbocycles. The number of aryl methyl sites for hydroxylation is 1. The molecule has 1 heterocycles. The Morgan fingerprint density at radius 3 is 2.78 bits per heavy atom. The molecule has 0 spiro atoms. The number of hydrogen-bond donors (Lipinski definition) is 1. The molecular weight excluding hydrogens is 224 g/mol. The highest BCUT2D eigenvalue weighted by Crippen LogP contribution is 2.42. The van der Waals surface area contributed by atoms with Crippen LogP contribution in [0.5, 0.6) is 0 Å². The molecule has 1 aromatic heterocycles. The zero-order valence-electron chi connectivity index (χ0n) is 12.1. The van der Waals surface area contributed by atoms with E-state index < -0.39 is 0 Å². The lowest BCUT2D eigenvalue weighted by atomic mass is 9.70. The number of nitrogens with zero attached hydrogens (tertiary/aromatic N) is 3. The first-order valence-electron chi connectivity index (χ1n) is 6.87. The molecule has 0 amide bonds. The Labute approximate surface area is 110 Å². The molecule has 4 heteroatoms. The van der Waals surface area contributed by atoms with E-state index in [4.69, 9.17) is 5.73 Å². The third-order valence-corrected chi connectivity index (χ3v) is 4.56. The van der Waals surface area contributed by atoms with Crippen molar-refractivity contribution in [2.75, 3.05) is 14.1 Å². The molecule has 2 rings (SSSR count). The maximum absolute atomic E-state index is 6.59. The van der Waals surface area contributed by atoms with Gasteiger partial charge in [0, 0.05) is 24.3 Å². The molecule has 0 bridgehead atoms. The summed E-state index contributed by atoms with van der Waals surface area (Å²) < 4.78 is 1.84. The molecule has 0 saturated heterocycles. The molecule has 0 aromatic carbocycles. The van der Waals surface area contributed by atoms with Crippen LogP contribution in [0.3, 0.4) is 0 Å². The van der Waals surface area contributed by atoms with Crippen LogP contribution in [-0.2, 0) is 7.05 Å².